The second-order valence-electron chi connectivity index (χ2n) is 7.21. The monoisotopic (exact) mass is 372 g/mol. The van der Waals surface area contributed by atoms with Gasteiger partial charge in [-0.15, -0.1) is 0 Å². The van der Waals surface area contributed by atoms with Gasteiger partial charge in [0.25, 0.3) is 0 Å². The zero-order chi connectivity index (χ0) is 19.1. The molecule has 1 fully saturated rings. The third kappa shape index (κ3) is 5.79. The van der Waals surface area contributed by atoms with E-state index >= 15 is 0 Å². The lowest BCUT2D eigenvalue weighted by Crippen LogP contribution is -2.38. The van der Waals surface area contributed by atoms with Crippen LogP contribution in [0, 0.1) is 5.92 Å². The molecular weight excluding hydrogens is 344 g/mol. The number of aliphatic carboxylic acids is 1. The Balaban J connectivity index is 1.44. The van der Waals surface area contributed by atoms with Gasteiger partial charge in [0.15, 0.2) is 0 Å². The van der Waals surface area contributed by atoms with Gasteiger partial charge in [-0.05, 0) is 56.3 Å². The molecule has 1 aromatic carbocycles. The molecule has 0 bridgehead atoms. The van der Waals surface area contributed by atoms with Crippen LogP contribution in [-0.4, -0.2) is 60.2 Å². The van der Waals surface area contributed by atoms with Crippen LogP contribution >= 0.6 is 0 Å². The van der Waals surface area contributed by atoms with Crippen LogP contribution in [0.3, 0.4) is 0 Å². The molecule has 0 saturated carbocycles. The lowest BCUT2D eigenvalue weighted by molar-refractivity contribution is -0.138. The molecule has 0 aliphatic carbocycles. The highest BCUT2D eigenvalue weighted by molar-refractivity contribution is 6.01. The van der Waals surface area contributed by atoms with Gasteiger partial charge >= 0.3 is 5.97 Å². The molecule has 1 unspecified atom stereocenters. The van der Waals surface area contributed by atoms with Crippen molar-refractivity contribution in [2.75, 3.05) is 26.2 Å². The normalized spacial score (nSPS) is 21.2. The van der Waals surface area contributed by atoms with Crippen LogP contribution in [0.25, 0.3) is 0 Å². The number of nitrogens with zero attached hydrogens (tertiary/aromatic N) is 3. The standard InChI is InChI=1S/C20H28N4O3/c1-2-21-22-13-16-3-5-17(6-4-16)19-12-18(27-23-19)11-15-7-9-24(10-8-15)14-20(25)26/h3-6,13,15,18,21H,2,7-12,14H2,1H3,(H,25,26). The lowest BCUT2D eigenvalue weighted by atomic mass is 9.89. The molecule has 1 saturated heterocycles. The van der Waals surface area contributed by atoms with E-state index in [0.717, 1.165) is 62.2 Å². The molecule has 1 aromatic rings. The Kier molecular flexibility index (Phi) is 6.81. The average molecular weight is 372 g/mol. The summed E-state index contributed by atoms with van der Waals surface area (Å²) in [5.74, 6) is -0.163. The van der Waals surface area contributed by atoms with Crippen molar-refractivity contribution in [3.05, 3.63) is 35.4 Å². The summed E-state index contributed by atoms with van der Waals surface area (Å²) in [4.78, 5) is 18.5. The van der Waals surface area contributed by atoms with Gasteiger partial charge in [0, 0.05) is 13.0 Å². The number of likely N-dealkylation sites (tertiary alicyclic amines) is 1. The summed E-state index contributed by atoms with van der Waals surface area (Å²) in [6.45, 7) is 4.67. The number of benzene rings is 1. The minimum atomic E-state index is -0.746. The smallest absolute Gasteiger partial charge is 0.317 e. The van der Waals surface area contributed by atoms with E-state index in [0.29, 0.717) is 5.92 Å². The quantitative estimate of drug-likeness (QED) is 0.540. The molecule has 2 aliphatic rings. The van der Waals surface area contributed by atoms with Crippen LogP contribution in [0.4, 0.5) is 0 Å². The zero-order valence-electron chi connectivity index (χ0n) is 15.8. The first-order chi connectivity index (χ1) is 13.1. The molecule has 1 atom stereocenters. The molecule has 146 valence electrons. The van der Waals surface area contributed by atoms with Crippen molar-refractivity contribution in [2.45, 2.75) is 38.7 Å². The van der Waals surface area contributed by atoms with Crippen molar-refractivity contribution >= 4 is 17.9 Å². The molecule has 7 nitrogen and oxygen atoms in total. The van der Waals surface area contributed by atoms with Crippen LogP contribution in [0.2, 0.25) is 0 Å². The van der Waals surface area contributed by atoms with E-state index in [-0.39, 0.29) is 12.6 Å². The van der Waals surface area contributed by atoms with Crippen molar-refractivity contribution in [3.8, 4) is 0 Å². The van der Waals surface area contributed by atoms with Gasteiger partial charge in [0.05, 0.1) is 18.5 Å². The van der Waals surface area contributed by atoms with Gasteiger partial charge in [-0.1, -0.05) is 29.4 Å². The number of carboxylic acid groups (broad SMARTS) is 1. The minimum Gasteiger partial charge on any atom is -0.480 e. The second kappa shape index (κ2) is 9.50. The number of carbonyl (C=O) groups is 1. The number of nitrogens with one attached hydrogen (secondary N) is 1. The maximum Gasteiger partial charge on any atom is 0.317 e. The summed E-state index contributed by atoms with van der Waals surface area (Å²) in [6, 6.07) is 8.18. The van der Waals surface area contributed by atoms with Crippen molar-refractivity contribution in [1.29, 1.82) is 0 Å². The Morgan fingerprint density at radius 1 is 1.37 bits per heavy atom. The summed E-state index contributed by atoms with van der Waals surface area (Å²) in [7, 11) is 0. The van der Waals surface area contributed by atoms with Crippen molar-refractivity contribution in [1.82, 2.24) is 10.3 Å². The van der Waals surface area contributed by atoms with Gasteiger partial charge in [-0.3, -0.25) is 9.69 Å². The van der Waals surface area contributed by atoms with Gasteiger partial charge in [-0.2, -0.15) is 5.10 Å². The van der Waals surface area contributed by atoms with Crippen molar-refractivity contribution in [2.24, 2.45) is 16.2 Å². The van der Waals surface area contributed by atoms with Gasteiger partial charge in [0.1, 0.15) is 6.10 Å². The third-order valence-corrected chi connectivity index (χ3v) is 5.10. The van der Waals surface area contributed by atoms with Crippen LogP contribution in [0.1, 0.15) is 43.7 Å². The first kappa shape index (κ1) is 19.4. The van der Waals surface area contributed by atoms with E-state index in [1.807, 2.05) is 24.0 Å². The number of oxime groups is 1. The molecule has 0 amide bonds. The third-order valence-electron chi connectivity index (χ3n) is 5.10. The fraction of sp³-hybridized carbons (Fsp3) is 0.550. The molecule has 7 heteroatoms. The molecule has 0 spiro atoms. The second-order valence-corrected chi connectivity index (χ2v) is 7.21. The fourth-order valence-electron chi connectivity index (χ4n) is 3.64. The summed E-state index contributed by atoms with van der Waals surface area (Å²) in [5.41, 5.74) is 6.05. The summed E-state index contributed by atoms with van der Waals surface area (Å²) in [5, 5.41) is 17.3. The van der Waals surface area contributed by atoms with E-state index in [2.05, 4.69) is 27.8 Å². The first-order valence-electron chi connectivity index (χ1n) is 9.67. The average Bonchev–Trinajstić information content (AvgIpc) is 3.12. The van der Waals surface area contributed by atoms with Crippen LogP contribution in [0.5, 0.6) is 0 Å². The molecule has 0 radical (unpaired) electrons. The van der Waals surface area contributed by atoms with Crippen molar-refractivity contribution in [3.63, 3.8) is 0 Å². The molecule has 2 aliphatic heterocycles. The zero-order valence-corrected chi connectivity index (χ0v) is 15.8. The number of hydrazone groups is 1. The summed E-state index contributed by atoms with van der Waals surface area (Å²) >= 11 is 0. The van der Waals surface area contributed by atoms with E-state index in [1.165, 1.54) is 0 Å². The topological polar surface area (TPSA) is 86.5 Å². The predicted octanol–water partition coefficient (Wildman–Crippen LogP) is 2.31. The number of rotatable bonds is 8. The van der Waals surface area contributed by atoms with E-state index in [9.17, 15) is 4.79 Å². The fourth-order valence-corrected chi connectivity index (χ4v) is 3.64. The number of carboxylic acids is 1. The Labute approximate surface area is 160 Å². The van der Waals surface area contributed by atoms with Crippen molar-refractivity contribution < 1.29 is 14.7 Å². The van der Waals surface area contributed by atoms with Gasteiger partial charge < -0.3 is 15.4 Å². The summed E-state index contributed by atoms with van der Waals surface area (Å²) < 4.78 is 0. The maximum atomic E-state index is 10.8. The Morgan fingerprint density at radius 2 is 2.11 bits per heavy atom. The first-order valence-corrected chi connectivity index (χ1v) is 9.67. The van der Waals surface area contributed by atoms with E-state index in [1.54, 1.807) is 6.21 Å². The van der Waals surface area contributed by atoms with Gasteiger partial charge in [0.2, 0.25) is 0 Å². The molecule has 3 rings (SSSR count). The molecule has 2 heterocycles. The largest absolute Gasteiger partial charge is 0.480 e. The minimum absolute atomic E-state index is 0.131. The van der Waals surface area contributed by atoms with Crippen LogP contribution < -0.4 is 5.43 Å². The van der Waals surface area contributed by atoms with E-state index < -0.39 is 5.97 Å². The van der Waals surface area contributed by atoms with Crippen LogP contribution in [0.15, 0.2) is 34.5 Å². The number of hydrogen-bond donors (Lipinski definition) is 2. The molecular formula is C20H28N4O3. The molecule has 27 heavy (non-hydrogen) atoms. The highest BCUT2D eigenvalue weighted by Gasteiger charge is 2.28. The highest BCUT2D eigenvalue weighted by Crippen LogP contribution is 2.27. The summed E-state index contributed by atoms with van der Waals surface area (Å²) in [6.07, 6.45) is 5.82. The molecule has 2 N–H and O–H groups in total. The van der Waals surface area contributed by atoms with E-state index in [4.69, 9.17) is 9.94 Å². The lowest BCUT2D eigenvalue weighted by Gasteiger charge is -2.31. The predicted molar refractivity (Wildman–Crippen MR) is 105 cm³/mol. The Morgan fingerprint density at radius 3 is 2.78 bits per heavy atom. The maximum absolute atomic E-state index is 10.8. The molecule has 0 aromatic heterocycles. The van der Waals surface area contributed by atoms with Crippen LogP contribution in [-0.2, 0) is 9.63 Å². The Bertz CT molecular complexity index is 679. The Hall–Kier alpha value is -2.41. The number of piperidine rings is 1. The highest BCUT2D eigenvalue weighted by atomic mass is 16.6. The number of hydrogen-bond acceptors (Lipinski definition) is 6. The van der Waals surface area contributed by atoms with Gasteiger partial charge in [-0.25, -0.2) is 0 Å². The SMILES string of the molecule is CCNN=Cc1ccc(C2=NOC(CC3CCN(CC(=O)O)CC3)C2)cc1.